The minimum Gasteiger partial charge on any atom is -0.381 e. The number of imidazole rings is 2. The lowest BCUT2D eigenvalue weighted by Gasteiger charge is -2.20. The number of fused-ring (bicyclic) bond motifs is 2. The van der Waals surface area contributed by atoms with Gasteiger partial charge in [0.15, 0.2) is 22.9 Å². The summed E-state index contributed by atoms with van der Waals surface area (Å²) in [5.41, 5.74) is 14.9. The topological polar surface area (TPSA) is 122 Å². The van der Waals surface area contributed by atoms with Crippen LogP contribution in [0.25, 0.3) is 43.6 Å². The normalized spacial score (nSPS) is 18.2. The number of rotatable bonds is 7. The van der Waals surface area contributed by atoms with E-state index in [0.717, 1.165) is 102 Å². The van der Waals surface area contributed by atoms with Gasteiger partial charge in [0.1, 0.15) is 0 Å². The fourth-order valence-corrected chi connectivity index (χ4v) is 8.83. The maximum Gasteiger partial charge on any atom is 0.181 e. The van der Waals surface area contributed by atoms with Crippen molar-refractivity contribution in [3.8, 4) is 32.3 Å². The van der Waals surface area contributed by atoms with Gasteiger partial charge in [-0.2, -0.15) is 0 Å². The molecule has 2 aliphatic heterocycles. The third-order valence-electron chi connectivity index (χ3n) is 9.63. The molecule has 0 aliphatic carbocycles. The lowest BCUT2D eigenvalue weighted by atomic mass is 9.97. The van der Waals surface area contributed by atoms with E-state index in [1.807, 2.05) is 18.5 Å². The molecule has 2 saturated heterocycles. The first kappa shape index (κ1) is 30.3. The first-order valence-electron chi connectivity index (χ1n) is 16.9. The summed E-state index contributed by atoms with van der Waals surface area (Å²) in [5, 5.41) is 12.8. The van der Waals surface area contributed by atoms with Crippen LogP contribution >= 0.6 is 22.7 Å². The fraction of sp³-hybridized carbons (Fsp3) is 0.297. The van der Waals surface area contributed by atoms with E-state index in [9.17, 15) is 0 Å². The van der Waals surface area contributed by atoms with Crippen molar-refractivity contribution in [1.29, 1.82) is 0 Å². The minimum atomic E-state index is 0.379. The maximum absolute atomic E-state index is 6.30. The highest BCUT2D eigenvalue weighted by molar-refractivity contribution is 7.15. The number of nitrogens with zero attached hydrogens (tertiary/aromatic N) is 6. The van der Waals surface area contributed by atoms with Gasteiger partial charge in [-0.05, 0) is 75.3 Å². The Balaban J connectivity index is 1.03. The van der Waals surface area contributed by atoms with Crippen LogP contribution < -0.4 is 21.7 Å². The number of nitrogens with two attached hydrogens (primary N) is 1. The predicted molar refractivity (Wildman–Crippen MR) is 198 cm³/mol. The molecule has 10 nitrogen and oxygen atoms in total. The molecule has 2 atom stereocenters. The summed E-state index contributed by atoms with van der Waals surface area (Å²) in [5.74, 6) is 1.92. The summed E-state index contributed by atoms with van der Waals surface area (Å²) in [6.45, 7) is 6.15. The molecule has 246 valence electrons. The Morgan fingerprint density at radius 3 is 2.33 bits per heavy atom. The second-order valence-corrected chi connectivity index (χ2v) is 15.2. The van der Waals surface area contributed by atoms with Crippen molar-refractivity contribution < 1.29 is 0 Å². The number of aryl methyl sites for hydroxylation is 1. The van der Waals surface area contributed by atoms with Crippen LogP contribution in [0, 0.1) is 19.1 Å². The zero-order valence-corrected chi connectivity index (χ0v) is 28.8. The van der Waals surface area contributed by atoms with Crippen LogP contribution in [-0.4, -0.2) is 54.9 Å². The van der Waals surface area contributed by atoms with E-state index in [2.05, 4.69) is 90.8 Å². The Kier molecular flexibility index (Phi) is 7.77. The molecule has 0 spiro atoms. The molecule has 0 saturated carbocycles. The third-order valence-corrected chi connectivity index (χ3v) is 11.6. The Hall–Kier alpha value is -4.80. The second kappa shape index (κ2) is 12.6. The van der Waals surface area contributed by atoms with E-state index in [4.69, 9.17) is 20.7 Å². The summed E-state index contributed by atoms with van der Waals surface area (Å²) in [6.07, 6.45) is 12.7. The molecular weight excluding hydrogens is 649 g/mol. The van der Waals surface area contributed by atoms with Gasteiger partial charge in [0.25, 0.3) is 0 Å². The predicted octanol–water partition coefficient (Wildman–Crippen LogP) is 7.06. The number of hydrogen-bond acceptors (Lipinski definition) is 10. The van der Waals surface area contributed by atoms with Crippen LogP contribution in [0.4, 0.5) is 17.3 Å². The number of hydrogen-bond donors (Lipinski definition) is 4. The molecule has 49 heavy (non-hydrogen) atoms. The lowest BCUT2D eigenvalue weighted by molar-refractivity contribution is 0.456. The van der Waals surface area contributed by atoms with Crippen molar-refractivity contribution in [2.75, 3.05) is 37.2 Å². The quantitative estimate of drug-likeness (QED) is 0.141. The summed E-state index contributed by atoms with van der Waals surface area (Å²) < 4.78 is 4.29. The van der Waals surface area contributed by atoms with Crippen LogP contribution in [0.2, 0.25) is 0 Å². The van der Waals surface area contributed by atoms with Gasteiger partial charge in [0, 0.05) is 65.1 Å². The first-order chi connectivity index (χ1) is 24.1. The summed E-state index contributed by atoms with van der Waals surface area (Å²) >= 11 is 3.44. The van der Waals surface area contributed by atoms with Gasteiger partial charge < -0.3 is 21.7 Å². The highest BCUT2D eigenvalue weighted by Gasteiger charge is 2.23. The molecule has 7 aromatic rings. The molecule has 1 aromatic carbocycles. The van der Waals surface area contributed by atoms with Crippen LogP contribution in [0.5, 0.6) is 0 Å². The van der Waals surface area contributed by atoms with Gasteiger partial charge in [-0.1, -0.05) is 12.1 Å². The van der Waals surface area contributed by atoms with E-state index >= 15 is 0 Å². The molecule has 2 fully saturated rings. The SMILES string of the molecule is Cc1ccc(-c2cnc(Nc3cc#cc(-c4csc(-c5cnc(N)c6nc([C@H]7CCCNC7)cn56)c4)c3)c3nc([C@H]4CCCNC4)cn23)s1. The number of aromatic nitrogens is 6. The third kappa shape index (κ3) is 5.72. The zero-order chi connectivity index (χ0) is 32.9. The van der Waals surface area contributed by atoms with E-state index in [-0.39, 0.29) is 0 Å². The van der Waals surface area contributed by atoms with Crippen molar-refractivity contribution >= 4 is 51.3 Å². The molecule has 0 amide bonds. The second-order valence-electron chi connectivity index (χ2n) is 13.0. The van der Waals surface area contributed by atoms with E-state index < -0.39 is 0 Å². The van der Waals surface area contributed by atoms with Crippen LogP contribution in [0.3, 0.4) is 0 Å². The van der Waals surface area contributed by atoms with Crippen molar-refractivity contribution in [3.63, 3.8) is 0 Å². The standard InChI is InChI=1S/C37H36N10S2/c1-22-9-10-32(49-22)30-18-42-35(37-45-29(20-47(30)37)25-7-4-12-40-16-25)43-27-8-2-5-23(13-27)26-14-33(48-21-26)31-17-41-34(38)36-44-28(19-46(31)36)24-6-3-11-39-15-24/h8-10,13-14,17-21,24-25,39-40H,3-4,6-7,11-12,15-16H2,1H3,(H2,38,41)(H,42,43)/t24-,25-/m0/s1. The Morgan fingerprint density at radius 1 is 0.898 bits per heavy atom. The van der Waals surface area contributed by atoms with Gasteiger partial charge in [-0.25, -0.2) is 19.9 Å². The van der Waals surface area contributed by atoms with Gasteiger partial charge >= 0.3 is 0 Å². The van der Waals surface area contributed by atoms with Gasteiger partial charge in [0.2, 0.25) is 0 Å². The molecular formula is C37H36N10S2. The van der Waals surface area contributed by atoms with Crippen molar-refractivity contribution in [2.24, 2.45) is 0 Å². The van der Waals surface area contributed by atoms with E-state index in [0.29, 0.717) is 29.1 Å². The number of nitrogens with one attached hydrogen (secondary N) is 3. The fourth-order valence-electron chi connectivity index (χ4n) is 7.04. The molecule has 6 aromatic heterocycles. The summed E-state index contributed by atoms with van der Waals surface area (Å²) in [4.78, 5) is 23.0. The molecule has 2 aliphatic rings. The summed E-state index contributed by atoms with van der Waals surface area (Å²) in [6, 6.07) is 17.0. The number of piperidine rings is 2. The number of thiophene rings is 2. The Bertz CT molecular complexity index is 2280. The van der Waals surface area contributed by atoms with Crippen LogP contribution in [0.15, 0.2) is 60.5 Å². The van der Waals surface area contributed by atoms with Gasteiger partial charge in [-0.3, -0.25) is 8.80 Å². The van der Waals surface area contributed by atoms with Crippen molar-refractivity contribution in [2.45, 2.75) is 44.4 Å². The van der Waals surface area contributed by atoms with Crippen LogP contribution in [-0.2, 0) is 0 Å². The highest BCUT2D eigenvalue weighted by Crippen LogP contribution is 2.36. The largest absolute Gasteiger partial charge is 0.381 e. The molecule has 0 bridgehead atoms. The smallest absolute Gasteiger partial charge is 0.181 e. The zero-order valence-electron chi connectivity index (χ0n) is 27.2. The number of anilines is 3. The van der Waals surface area contributed by atoms with Gasteiger partial charge in [-0.15, -0.1) is 22.7 Å². The molecule has 0 unspecified atom stereocenters. The molecule has 5 N–H and O–H groups in total. The lowest BCUT2D eigenvalue weighted by Crippen LogP contribution is -2.28. The maximum atomic E-state index is 6.30. The van der Waals surface area contributed by atoms with Crippen LogP contribution in [0.1, 0.15) is 53.8 Å². The van der Waals surface area contributed by atoms with Gasteiger partial charge in [0.05, 0.1) is 44.9 Å². The van der Waals surface area contributed by atoms with E-state index in [1.165, 1.54) is 9.75 Å². The first-order valence-corrected chi connectivity index (χ1v) is 18.6. The summed E-state index contributed by atoms with van der Waals surface area (Å²) in [7, 11) is 0. The molecule has 8 heterocycles. The average Bonchev–Trinajstić information content (AvgIpc) is 3.96. The van der Waals surface area contributed by atoms with Crippen molar-refractivity contribution in [3.05, 3.63) is 88.9 Å². The van der Waals surface area contributed by atoms with Crippen molar-refractivity contribution in [1.82, 2.24) is 39.4 Å². The number of nitrogen functional groups attached to an aromatic ring is 1. The Labute approximate surface area is 292 Å². The molecule has 9 rings (SSSR count). The Morgan fingerprint density at radius 2 is 1.61 bits per heavy atom. The average molecular weight is 685 g/mol. The minimum absolute atomic E-state index is 0.379. The highest BCUT2D eigenvalue weighted by atomic mass is 32.1. The monoisotopic (exact) mass is 684 g/mol. The molecule has 12 heteroatoms. The van der Waals surface area contributed by atoms with E-state index in [1.54, 1.807) is 22.7 Å². The molecule has 0 radical (unpaired) electrons.